The molecule has 0 saturated heterocycles. The van der Waals surface area contributed by atoms with Crippen LogP contribution < -0.4 is 10.6 Å². The van der Waals surface area contributed by atoms with Gasteiger partial charge in [0.05, 0.1) is 24.5 Å². The third kappa shape index (κ3) is 5.14. The normalized spacial score (nSPS) is 10.0. The van der Waals surface area contributed by atoms with Gasteiger partial charge < -0.3 is 10.6 Å². The van der Waals surface area contributed by atoms with E-state index in [4.69, 9.17) is 11.6 Å². The molecule has 0 spiro atoms. The molecule has 1 rings (SSSR count). The Morgan fingerprint density at radius 3 is 2.76 bits per heavy atom. The van der Waals surface area contributed by atoms with E-state index in [1.54, 1.807) is 0 Å². The topological polar surface area (TPSA) is 71.1 Å². The van der Waals surface area contributed by atoms with Crippen molar-refractivity contribution in [1.29, 1.82) is 0 Å². The van der Waals surface area contributed by atoms with Crippen LogP contribution in [0.3, 0.4) is 0 Å². The first-order valence-electron chi connectivity index (χ1n) is 5.18. The second kappa shape index (κ2) is 7.24. The monoisotopic (exact) mass is 275 g/mol. The van der Waals surface area contributed by atoms with Crippen LogP contribution in [-0.4, -0.2) is 29.9 Å². The van der Waals surface area contributed by atoms with E-state index in [0.29, 0.717) is 17.4 Å². The van der Waals surface area contributed by atoms with Crippen molar-refractivity contribution in [3.63, 3.8) is 0 Å². The smallest absolute Gasteiger partial charge is 0.239 e. The molecule has 0 aliphatic heterocycles. The Hall–Kier alpha value is -1.14. The molecule has 0 atom stereocenters. The minimum absolute atomic E-state index is 0.000409. The van der Waals surface area contributed by atoms with Crippen molar-refractivity contribution in [3.05, 3.63) is 16.1 Å². The quantitative estimate of drug-likeness (QED) is 0.750. The van der Waals surface area contributed by atoms with E-state index in [1.807, 2.05) is 12.3 Å². The summed E-state index contributed by atoms with van der Waals surface area (Å²) in [6, 6.07) is 0. The molecule has 0 fully saturated rings. The number of halogens is 1. The van der Waals surface area contributed by atoms with Crippen LogP contribution in [0.15, 0.2) is 5.38 Å². The summed E-state index contributed by atoms with van der Waals surface area (Å²) in [6.07, 6.45) is 0.182. The molecule has 0 radical (unpaired) electrons. The Morgan fingerprint density at radius 2 is 2.18 bits per heavy atom. The number of hydrogen-bond donors (Lipinski definition) is 2. The lowest BCUT2D eigenvalue weighted by molar-refractivity contribution is -0.125. The maximum absolute atomic E-state index is 11.5. The van der Waals surface area contributed by atoms with Gasteiger partial charge in [0.25, 0.3) is 0 Å². The van der Waals surface area contributed by atoms with Gasteiger partial charge in [-0.3, -0.25) is 9.59 Å². The number of amides is 2. The number of nitrogens with zero attached hydrogens (tertiary/aromatic N) is 1. The first-order chi connectivity index (χ1) is 8.15. The molecule has 2 N–H and O–H groups in total. The first-order valence-corrected chi connectivity index (χ1v) is 6.59. The second-order valence-electron chi connectivity index (χ2n) is 3.27. The highest BCUT2D eigenvalue weighted by Gasteiger charge is 2.08. The molecule has 0 saturated carbocycles. The largest absolute Gasteiger partial charge is 0.355 e. The lowest BCUT2D eigenvalue weighted by Gasteiger charge is -2.03. The van der Waals surface area contributed by atoms with Crippen molar-refractivity contribution in [2.45, 2.75) is 19.2 Å². The molecule has 7 heteroatoms. The Bertz CT molecular complexity index is 395. The van der Waals surface area contributed by atoms with E-state index >= 15 is 0 Å². The predicted molar refractivity (Wildman–Crippen MR) is 67.1 cm³/mol. The molecule has 17 heavy (non-hydrogen) atoms. The molecule has 1 heterocycles. The van der Waals surface area contributed by atoms with Crippen LogP contribution in [0, 0.1) is 0 Å². The van der Waals surface area contributed by atoms with Gasteiger partial charge in [0.15, 0.2) is 0 Å². The van der Waals surface area contributed by atoms with Crippen LogP contribution in [-0.2, 0) is 21.9 Å². The average molecular weight is 276 g/mol. The lowest BCUT2D eigenvalue weighted by atomic mass is 10.4. The fourth-order valence-electron chi connectivity index (χ4n) is 1.13. The van der Waals surface area contributed by atoms with Gasteiger partial charge in [-0.15, -0.1) is 22.9 Å². The van der Waals surface area contributed by atoms with Gasteiger partial charge in [0, 0.05) is 11.9 Å². The number of alkyl halides is 1. The van der Waals surface area contributed by atoms with Crippen LogP contribution in [0.5, 0.6) is 0 Å². The summed E-state index contributed by atoms with van der Waals surface area (Å²) in [5, 5.41) is 7.64. The van der Waals surface area contributed by atoms with Crippen molar-refractivity contribution in [2.24, 2.45) is 0 Å². The molecule has 2 amide bonds. The highest BCUT2D eigenvalue weighted by molar-refractivity contribution is 7.09. The molecule has 0 aliphatic rings. The molecular weight excluding hydrogens is 262 g/mol. The van der Waals surface area contributed by atoms with Crippen LogP contribution in [0.4, 0.5) is 0 Å². The van der Waals surface area contributed by atoms with E-state index < -0.39 is 0 Å². The maximum Gasteiger partial charge on any atom is 0.239 e. The number of aromatic nitrogens is 1. The zero-order valence-electron chi connectivity index (χ0n) is 9.46. The predicted octanol–water partition coefficient (Wildman–Crippen LogP) is 0.677. The van der Waals surface area contributed by atoms with Crippen LogP contribution >= 0.6 is 22.9 Å². The Kier molecular flexibility index (Phi) is 5.93. The SMILES string of the molecule is CCNC(=O)CNC(=O)Cc1nc(CCl)cs1. The van der Waals surface area contributed by atoms with Gasteiger partial charge in [-0.05, 0) is 6.92 Å². The van der Waals surface area contributed by atoms with Crippen molar-refractivity contribution in [1.82, 2.24) is 15.6 Å². The molecule has 1 aromatic rings. The number of thiazole rings is 1. The number of hydrogen-bond acceptors (Lipinski definition) is 4. The third-order valence-electron chi connectivity index (χ3n) is 1.87. The summed E-state index contributed by atoms with van der Waals surface area (Å²) >= 11 is 6.99. The molecule has 0 aromatic carbocycles. The molecule has 0 aliphatic carbocycles. The number of carbonyl (C=O) groups is 2. The summed E-state index contributed by atoms with van der Waals surface area (Å²) in [4.78, 5) is 26.7. The molecular formula is C10H14ClN3O2S. The van der Waals surface area contributed by atoms with Crippen molar-refractivity contribution >= 4 is 34.8 Å². The Balaban J connectivity index is 2.32. The maximum atomic E-state index is 11.5. The highest BCUT2D eigenvalue weighted by Crippen LogP contribution is 2.11. The van der Waals surface area contributed by atoms with Crippen molar-refractivity contribution < 1.29 is 9.59 Å². The summed E-state index contributed by atoms with van der Waals surface area (Å²) < 4.78 is 0. The second-order valence-corrected chi connectivity index (χ2v) is 4.48. The summed E-state index contributed by atoms with van der Waals surface area (Å²) in [7, 11) is 0. The Morgan fingerprint density at radius 1 is 1.41 bits per heavy atom. The van der Waals surface area contributed by atoms with Crippen LogP contribution in [0.25, 0.3) is 0 Å². The van der Waals surface area contributed by atoms with E-state index in [9.17, 15) is 9.59 Å². The average Bonchev–Trinajstić information content (AvgIpc) is 2.74. The third-order valence-corrected chi connectivity index (χ3v) is 3.04. The van der Waals surface area contributed by atoms with Crippen molar-refractivity contribution in [3.8, 4) is 0 Å². The Labute approximate surface area is 109 Å². The van der Waals surface area contributed by atoms with Gasteiger partial charge in [0.2, 0.25) is 11.8 Å². The minimum atomic E-state index is -0.216. The number of likely N-dealkylation sites (N-methyl/N-ethyl adjacent to an activating group) is 1. The summed E-state index contributed by atoms with van der Waals surface area (Å²) in [5.41, 5.74) is 0.767. The van der Waals surface area contributed by atoms with Crippen LogP contribution in [0.1, 0.15) is 17.6 Å². The standard InChI is InChI=1S/C10H14ClN3O2S/c1-2-12-9(16)5-13-8(15)3-10-14-7(4-11)6-17-10/h6H,2-5H2,1H3,(H,12,16)(H,13,15). The highest BCUT2D eigenvalue weighted by atomic mass is 35.5. The summed E-state index contributed by atoms with van der Waals surface area (Å²) in [5.74, 6) is -0.0648. The van der Waals surface area contributed by atoms with Gasteiger partial charge in [-0.2, -0.15) is 0 Å². The number of carbonyl (C=O) groups excluding carboxylic acids is 2. The van der Waals surface area contributed by atoms with Crippen molar-refractivity contribution in [2.75, 3.05) is 13.1 Å². The number of nitrogens with one attached hydrogen (secondary N) is 2. The van der Waals surface area contributed by atoms with Gasteiger partial charge in [0.1, 0.15) is 5.01 Å². The zero-order valence-corrected chi connectivity index (χ0v) is 11.0. The lowest BCUT2D eigenvalue weighted by Crippen LogP contribution is -2.37. The molecule has 0 unspecified atom stereocenters. The van der Waals surface area contributed by atoms with Gasteiger partial charge in [-0.1, -0.05) is 0 Å². The summed E-state index contributed by atoms with van der Waals surface area (Å²) in [6.45, 7) is 2.38. The zero-order chi connectivity index (χ0) is 12.7. The van der Waals surface area contributed by atoms with E-state index in [1.165, 1.54) is 11.3 Å². The van der Waals surface area contributed by atoms with Gasteiger partial charge >= 0.3 is 0 Å². The fraction of sp³-hybridized carbons (Fsp3) is 0.500. The molecule has 0 bridgehead atoms. The van der Waals surface area contributed by atoms with E-state index in [-0.39, 0.29) is 24.8 Å². The number of rotatable bonds is 6. The first kappa shape index (κ1) is 13.9. The molecule has 94 valence electrons. The minimum Gasteiger partial charge on any atom is -0.355 e. The van der Waals surface area contributed by atoms with Gasteiger partial charge in [-0.25, -0.2) is 4.98 Å². The van der Waals surface area contributed by atoms with Crippen LogP contribution in [0.2, 0.25) is 0 Å². The van der Waals surface area contributed by atoms with E-state index in [2.05, 4.69) is 15.6 Å². The molecule has 1 aromatic heterocycles. The van der Waals surface area contributed by atoms with E-state index in [0.717, 1.165) is 5.69 Å². The fourth-order valence-corrected chi connectivity index (χ4v) is 2.15. The molecule has 5 nitrogen and oxygen atoms in total.